The summed E-state index contributed by atoms with van der Waals surface area (Å²) in [4.78, 5) is 0. The van der Waals surface area contributed by atoms with Gasteiger partial charge in [0.05, 0.1) is 6.61 Å². The summed E-state index contributed by atoms with van der Waals surface area (Å²) in [6, 6.07) is 4.98. The third-order valence-electron chi connectivity index (χ3n) is 2.72. The van der Waals surface area contributed by atoms with Gasteiger partial charge in [-0.2, -0.15) is 0 Å². The first kappa shape index (κ1) is 15.9. The zero-order valence-electron chi connectivity index (χ0n) is 11.8. The normalized spacial score (nSPS) is 11.0. The second-order valence-corrected chi connectivity index (χ2v) is 5.03. The summed E-state index contributed by atoms with van der Waals surface area (Å²) < 4.78 is 19.2. The van der Waals surface area contributed by atoms with Crippen LogP contribution >= 0.6 is 0 Å². The van der Waals surface area contributed by atoms with E-state index in [0.717, 1.165) is 18.5 Å². The van der Waals surface area contributed by atoms with Crippen LogP contribution in [0.4, 0.5) is 4.39 Å². The molecule has 0 bridgehead atoms. The van der Waals surface area contributed by atoms with Crippen molar-refractivity contribution in [2.24, 2.45) is 5.92 Å². The summed E-state index contributed by atoms with van der Waals surface area (Å²) in [5, 5.41) is 12.0. The van der Waals surface area contributed by atoms with E-state index >= 15 is 0 Å². The number of hydrogen-bond donors (Lipinski definition) is 2. The van der Waals surface area contributed by atoms with Crippen LogP contribution in [0.5, 0.6) is 5.75 Å². The molecule has 0 unspecified atom stereocenters. The molecule has 3 nitrogen and oxygen atoms in total. The largest absolute Gasteiger partial charge is 0.490 e. The van der Waals surface area contributed by atoms with Crippen molar-refractivity contribution in [1.82, 2.24) is 5.32 Å². The van der Waals surface area contributed by atoms with Crippen molar-refractivity contribution in [2.75, 3.05) is 19.8 Å². The molecule has 0 fully saturated rings. The van der Waals surface area contributed by atoms with Gasteiger partial charge in [0.25, 0.3) is 0 Å². The lowest BCUT2D eigenvalue weighted by atomic mass is 10.1. The second kappa shape index (κ2) is 8.88. The van der Waals surface area contributed by atoms with Gasteiger partial charge < -0.3 is 15.2 Å². The molecule has 0 saturated carbocycles. The number of aliphatic hydroxyl groups is 1. The van der Waals surface area contributed by atoms with Crippen LogP contribution in [0.3, 0.4) is 0 Å². The van der Waals surface area contributed by atoms with Crippen LogP contribution in [-0.4, -0.2) is 24.9 Å². The summed E-state index contributed by atoms with van der Waals surface area (Å²) in [6.07, 6.45) is 1.40. The van der Waals surface area contributed by atoms with Crippen molar-refractivity contribution >= 4 is 0 Å². The van der Waals surface area contributed by atoms with E-state index < -0.39 is 0 Å². The van der Waals surface area contributed by atoms with Gasteiger partial charge in [0.1, 0.15) is 0 Å². The highest BCUT2D eigenvalue weighted by Crippen LogP contribution is 2.23. The molecule has 1 rings (SSSR count). The SMILES string of the molecule is CC(C)CNCc1cccc(F)c1OCCCCO. The summed E-state index contributed by atoms with van der Waals surface area (Å²) in [6.45, 7) is 6.32. The molecule has 0 saturated heterocycles. The van der Waals surface area contributed by atoms with Gasteiger partial charge in [-0.25, -0.2) is 4.39 Å². The predicted octanol–water partition coefficient (Wildman–Crippen LogP) is 2.72. The van der Waals surface area contributed by atoms with E-state index in [4.69, 9.17) is 9.84 Å². The topological polar surface area (TPSA) is 41.5 Å². The molecule has 0 radical (unpaired) electrons. The van der Waals surface area contributed by atoms with Crippen molar-refractivity contribution < 1.29 is 14.2 Å². The predicted molar refractivity (Wildman–Crippen MR) is 74.8 cm³/mol. The molecule has 108 valence electrons. The van der Waals surface area contributed by atoms with E-state index in [1.165, 1.54) is 6.07 Å². The molecule has 0 aliphatic heterocycles. The Bertz CT molecular complexity index is 369. The summed E-state index contributed by atoms with van der Waals surface area (Å²) in [7, 11) is 0. The average Bonchev–Trinajstić information content (AvgIpc) is 2.36. The minimum atomic E-state index is -0.326. The standard InChI is InChI=1S/C15H24FNO2/c1-12(2)10-17-11-13-6-5-7-14(16)15(13)19-9-4-3-8-18/h5-7,12,17-18H,3-4,8-11H2,1-2H3. The summed E-state index contributed by atoms with van der Waals surface area (Å²) >= 11 is 0. The Kier molecular flexibility index (Phi) is 7.45. The molecule has 0 spiro atoms. The minimum absolute atomic E-state index is 0.142. The molecule has 2 N–H and O–H groups in total. The van der Waals surface area contributed by atoms with Crippen LogP contribution < -0.4 is 10.1 Å². The Hall–Kier alpha value is -1.13. The number of rotatable bonds is 9. The maximum atomic E-state index is 13.7. The van der Waals surface area contributed by atoms with E-state index in [1.54, 1.807) is 6.07 Å². The van der Waals surface area contributed by atoms with Crippen molar-refractivity contribution in [3.8, 4) is 5.75 Å². The molecule has 4 heteroatoms. The van der Waals surface area contributed by atoms with Crippen LogP contribution in [0.25, 0.3) is 0 Å². The smallest absolute Gasteiger partial charge is 0.165 e. The van der Waals surface area contributed by atoms with Crippen molar-refractivity contribution in [3.63, 3.8) is 0 Å². The Balaban J connectivity index is 2.56. The Morgan fingerprint density at radius 2 is 2.11 bits per heavy atom. The summed E-state index contributed by atoms with van der Waals surface area (Å²) in [5.74, 6) is 0.562. The summed E-state index contributed by atoms with van der Waals surface area (Å²) in [5.41, 5.74) is 0.838. The fourth-order valence-electron chi connectivity index (χ4n) is 1.74. The van der Waals surface area contributed by atoms with E-state index in [0.29, 0.717) is 31.2 Å². The van der Waals surface area contributed by atoms with Crippen LogP contribution in [0.1, 0.15) is 32.3 Å². The number of benzene rings is 1. The highest BCUT2D eigenvalue weighted by molar-refractivity contribution is 5.34. The molecule has 0 aliphatic carbocycles. The van der Waals surface area contributed by atoms with Crippen molar-refractivity contribution in [3.05, 3.63) is 29.6 Å². The first-order chi connectivity index (χ1) is 9.15. The van der Waals surface area contributed by atoms with E-state index in [1.807, 2.05) is 6.07 Å². The number of unbranched alkanes of at least 4 members (excludes halogenated alkanes) is 1. The zero-order chi connectivity index (χ0) is 14.1. The van der Waals surface area contributed by atoms with Gasteiger partial charge in [0.15, 0.2) is 11.6 Å². The van der Waals surface area contributed by atoms with Gasteiger partial charge in [-0.05, 0) is 31.4 Å². The van der Waals surface area contributed by atoms with Gasteiger partial charge in [-0.3, -0.25) is 0 Å². The number of ether oxygens (including phenoxy) is 1. The quantitative estimate of drug-likeness (QED) is 0.677. The van der Waals surface area contributed by atoms with Crippen LogP contribution in [0.15, 0.2) is 18.2 Å². The molecular weight excluding hydrogens is 245 g/mol. The highest BCUT2D eigenvalue weighted by Gasteiger charge is 2.09. The third kappa shape index (κ3) is 6.03. The van der Waals surface area contributed by atoms with Crippen LogP contribution in [-0.2, 0) is 6.54 Å². The number of para-hydroxylation sites is 1. The Morgan fingerprint density at radius 3 is 2.79 bits per heavy atom. The van der Waals surface area contributed by atoms with E-state index in [2.05, 4.69) is 19.2 Å². The highest BCUT2D eigenvalue weighted by atomic mass is 19.1. The minimum Gasteiger partial charge on any atom is -0.490 e. The lowest BCUT2D eigenvalue weighted by Crippen LogP contribution is -2.19. The lowest BCUT2D eigenvalue weighted by molar-refractivity contribution is 0.247. The monoisotopic (exact) mass is 269 g/mol. The second-order valence-electron chi connectivity index (χ2n) is 5.03. The van der Waals surface area contributed by atoms with Crippen molar-refractivity contribution in [1.29, 1.82) is 0 Å². The molecule has 0 atom stereocenters. The number of hydrogen-bond acceptors (Lipinski definition) is 3. The van der Waals surface area contributed by atoms with Gasteiger partial charge in [0, 0.05) is 18.7 Å². The van der Waals surface area contributed by atoms with Gasteiger partial charge >= 0.3 is 0 Å². The molecule has 0 aromatic heterocycles. The average molecular weight is 269 g/mol. The van der Waals surface area contributed by atoms with Gasteiger partial charge in [0.2, 0.25) is 0 Å². The molecule has 0 aliphatic rings. The molecule has 0 amide bonds. The maximum Gasteiger partial charge on any atom is 0.165 e. The first-order valence-corrected chi connectivity index (χ1v) is 6.87. The Morgan fingerprint density at radius 1 is 1.32 bits per heavy atom. The maximum absolute atomic E-state index is 13.7. The third-order valence-corrected chi connectivity index (χ3v) is 2.72. The first-order valence-electron chi connectivity index (χ1n) is 6.87. The van der Waals surface area contributed by atoms with Crippen LogP contribution in [0, 0.1) is 11.7 Å². The molecule has 1 aromatic carbocycles. The lowest BCUT2D eigenvalue weighted by Gasteiger charge is -2.13. The Labute approximate surface area is 114 Å². The van der Waals surface area contributed by atoms with E-state index in [9.17, 15) is 4.39 Å². The van der Waals surface area contributed by atoms with Gasteiger partial charge in [-0.15, -0.1) is 0 Å². The molecular formula is C15H24FNO2. The zero-order valence-corrected chi connectivity index (χ0v) is 11.8. The van der Waals surface area contributed by atoms with E-state index in [-0.39, 0.29) is 12.4 Å². The fourth-order valence-corrected chi connectivity index (χ4v) is 1.74. The number of aliphatic hydroxyl groups excluding tert-OH is 1. The van der Waals surface area contributed by atoms with Crippen LogP contribution in [0.2, 0.25) is 0 Å². The van der Waals surface area contributed by atoms with Crippen molar-refractivity contribution in [2.45, 2.75) is 33.2 Å². The molecule has 19 heavy (non-hydrogen) atoms. The number of nitrogens with one attached hydrogen (secondary N) is 1. The number of halogens is 1. The molecule has 1 aromatic rings. The van der Waals surface area contributed by atoms with Gasteiger partial charge in [-0.1, -0.05) is 26.0 Å². The fraction of sp³-hybridized carbons (Fsp3) is 0.600. The molecule has 0 heterocycles.